The van der Waals surface area contributed by atoms with Crippen molar-refractivity contribution in [2.75, 3.05) is 26.2 Å². The molecule has 1 heterocycles. The van der Waals surface area contributed by atoms with Crippen molar-refractivity contribution in [3.8, 4) is 0 Å². The van der Waals surface area contributed by atoms with E-state index >= 15 is 0 Å². The summed E-state index contributed by atoms with van der Waals surface area (Å²) < 4.78 is 0. The lowest BCUT2D eigenvalue weighted by molar-refractivity contribution is 0.135. The monoisotopic (exact) mass is 337 g/mol. The minimum absolute atomic E-state index is 0.0373. The third-order valence-electron chi connectivity index (χ3n) is 4.84. The van der Waals surface area contributed by atoms with E-state index in [2.05, 4.69) is 42.3 Å². The van der Waals surface area contributed by atoms with Gasteiger partial charge in [0.1, 0.15) is 0 Å². The van der Waals surface area contributed by atoms with Gasteiger partial charge in [0.05, 0.1) is 0 Å². The maximum Gasteiger partial charge on any atom is 0.317 e. The predicted molar refractivity (Wildman–Crippen MR) is 101 cm³/mol. The van der Waals surface area contributed by atoms with Crippen LogP contribution in [0.4, 0.5) is 4.79 Å². The molecule has 1 saturated heterocycles. The number of carbonyl (C=O) groups excluding carboxylic acids is 1. The van der Waals surface area contributed by atoms with Crippen LogP contribution in [-0.2, 0) is 13.1 Å². The van der Waals surface area contributed by atoms with Crippen molar-refractivity contribution in [1.29, 1.82) is 0 Å². The van der Waals surface area contributed by atoms with Gasteiger partial charge in [-0.3, -0.25) is 4.90 Å². The van der Waals surface area contributed by atoms with Gasteiger partial charge in [-0.1, -0.05) is 54.1 Å². The number of hydrogen-bond donors (Lipinski definition) is 1. The first-order valence-corrected chi connectivity index (χ1v) is 8.97. The van der Waals surface area contributed by atoms with Crippen LogP contribution in [0.3, 0.4) is 0 Å². The molecule has 25 heavy (non-hydrogen) atoms. The van der Waals surface area contributed by atoms with Gasteiger partial charge in [0.25, 0.3) is 0 Å². The van der Waals surface area contributed by atoms with Crippen LogP contribution in [0.5, 0.6) is 0 Å². The smallest absolute Gasteiger partial charge is 0.317 e. The van der Waals surface area contributed by atoms with E-state index in [4.69, 9.17) is 0 Å². The molecule has 2 amide bonds. The van der Waals surface area contributed by atoms with E-state index in [0.29, 0.717) is 6.54 Å². The predicted octanol–water partition coefficient (Wildman–Crippen LogP) is 3.33. The molecule has 132 valence electrons. The van der Waals surface area contributed by atoms with Gasteiger partial charge in [-0.2, -0.15) is 0 Å². The zero-order valence-electron chi connectivity index (χ0n) is 15.2. The summed E-state index contributed by atoms with van der Waals surface area (Å²) in [6.07, 6.45) is 0. The second-order valence-electron chi connectivity index (χ2n) is 6.84. The van der Waals surface area contributed by atoms with Gasteiger partial charge >= 0.3 is 6.03 Å². The van der Waals surface area contributed by atoms with E-state index in [9.17, 15) is 4.79 Å². The fourth-order valence-electron chi connectivity index (χ4n) is 3.21. The third kappa shape index (κ3) is 4.83. The van der Waals surface area contributed by atoms with Crippen LogP contribution in [0.15, 0.2) is 48.5 Å². The lowest BCUT2D eigenvalue weighted by atomic mass is 10.0. The maximum atomic E-state index is 12.3. The molecule has 4 nitrogen and oxygen atoms in total. The van der Waals surface area contributed by atoms with Gasteiger partial charge in [0.2, 0.25) is 0 Å². The van der Waals surface area contributed by atoms with Crippen molar-refractivity contribution < 1.29 is 4.79 Å². The molecule has 0 aromatic heterocycles. The van der Waals surface area contributed by atoms with Gasteiger partial charge in [0, 0.05) is 39.3 Å². The number of nitrogens with zero attached hydrogens (tertiary/aromatic N) is 2. The second kappa shape index (κ2) is 8.17. The number of aryl methyl sites for hydroxylation is 2. The largest absolute Gasteiger partial charge is 0.334 e. The first-order valence-electron chi connectivity index (χ1n) is 8.97. The number of piperazine rings is 1. The number of carbonyl (C=O) groups is 1. The number of benzene rings is 2. The van der Waals surface area contributed by atoms with Crippen LogP contribution in [0, 0.1) is 13.8 Å². The first-order chi connectivity index (χ1) is 12.1. The van der Waals surface area contributed by atoms with Crippen LogP contribution in [0.25, 0.3) is 0 Å². The van der Waals surface area contributed by atoms with Crippen LogP contribution in [0.1, 0.15) is 22.3 Å². The molecule has 0 radical (unpaired) electrons. The van der Waals surface area contributed by atoms with Crippen molar-refractivity contribution in [3.05, 3.63) is 70.8 Å². The van der Waals surface area contributed by atoms with Crippen molar-refractivity contribution >= 4 is 6.03 Å². The molecule has 0 unspecified atom stereocenters. The summed E-state index contributed by atoms with van der Waals surface area (Å²) in [5, 5.41) is 3.02. The normalized spacial score (nSPS) is 15.2. The average molecular weight is 337 g/mol. The second-order valence-corrected chi connectivity index (χ2v) is 6.84. The molecule has 1 N–H and O–H groups in total. The van der Waals surface area contributed by atoms with Crippen LogP contribution < -0.4 is 5.32 Å². The SMILES string of the molecule is Cc1ccc(C)c(CN2CCN(C(=O)NCc3ccccc3)CC2)c1. The van der Waals surface area contributed by atoms with Crippen LogP contribution in [0.2, 0.25) is 0 Å². The fourth-order valence-corrected chi connectivity index (χ4v) is 3.21. The molecular weight excluding hydrogens is 310 g/mol. The topological polar surface area (TPSA) is 35.6 Å². The van der Waals surface area contributed by atoms with Crippen molar-refractivity contribution in [3.63, 3.8) is 0 Å². The van der Waals surface area contributed by atoms with E-state index in [1.807, 2.05) is 35.2 Å². The standard InChI is InChI=1S/C21H27N3O/c1-17-8-9-18(2)20(14-17)16-23-10-12-24(13-11-23)21(25)22-15-19-6-4-3-5-7-19/h3-9,14H,10-13,15-16H2,1-2H3,(H,22,25). The van der Waals surface area contributed by atoms with E-state index in [0.717, 1.165) is 38.3 Å². The molecule has 2 aromatic carbocycles. The zero-order valence-corrected chi connectivity index (χ0v) is 15.2. The summed E-state index contributed by atoms with van der Waals surface area (Å²) in [6.45, 7) is 9.27. The Bertz CT molecular complexity index is 706. The molecule has 1 aliphatic rings. The minimum Gasteiger partial charge on any atom is -0.334 e. The molecule has 0 spiro atoms. The Morgan fingerprint density at radius 1 is 1.00 bits per heavy atom. The summed E-state index contributed by atoms with van der Waals surface area (Å²) in [4.78, 5) is 16.7. The molecule has 3 rings (SSSR count). The van der Waals surface area contributed by atoms with Gasteiger partial charge in [0.15, 0.2) is 0 Å². The van der Waals surface area contributed by atoms with Gasteiger partial charge in [-0.25, -0.2) is 4.79 Å². The fraction of sp³-hybridized carbons (Fsp3) is 0.381. The van der Waals surface area contributed by atoms with E-state index in [-0.39, 0.29) is 6.03 Å². The number of hydrogen-bond acceptors (Lipinski definition) is 2. The molecule has 0 atom stereocenters. The molecule has 4 heteroatoms. The quantitative estimate of drug-likeness (QED) is 0.929. The minimum atomic E-state index is 0.0373. The highest BCUT2D eigenvalue weighted by Crippen LogP contribution is 2.15. The Kier molecular flexibility index (Phi) is 5.71. The Balaban J connectivity index is 1.46. The Morgan fingerprint density at radius 2 is 1.72 bits per heavy atom. The van der Waals surface area contributed by atoms with E-state index < -0.39 is 0 Å². The summed E-state index contributed by atoms with van der Waals surface area (Å²) in [6, 6.07) is 16.7. The summed E-state index contributed by atoms with van der Waals surface area (Å²) in [7, 11) is 0. The summed E-state index contributed by atoms with van der Waals surface area (Å²) >= 11 is 0. The van der Waals surface area contributed by atoms with Crippen LogP contribution >= 0.6 is 0 Å². The lowest BCUT2D eigenvalue weighted by Crippen LogP contribution is -2.51. The van der Waals surface area contributed by atoms with Gasteiger partial charge in [-0.05, 0) is 30.5 Å². The molecule has 1 aliphatic heterocycles. The van der Waals surface area contributed by atoms with Gasteiger partial charge in [-0.15, -0.1) is 0 Å². The highest BCUT2D eigenvalue weighted by Gasteiger charge is 2.21. The van der Waals surface area contributed by atoms with Gasteiger partial charge < -0.3 is 10.2 Å². The number of rotatable bonds is 4. The number of nitrogens with one attached hydrogen (secondary N) is 1. The van der Waals surface area contributed by atoms with E-state index in [1.54, 1.807) is 0 Å². The average Bonchev–Trinajstić information content (AvgIpc) is 2.64. The number of urea groups is 1. The zero-order chi connectivity index (χ0) is 17.6. The molecule has 0 saturated carbocycles. The highest BCUT2D eigenvalue weighted by molar-refractivity contribution is 5.74. The Morgan fingerprint density at radius 3 is 2.44 bits per heavy atom. The molecule has 2 aromatic rings. The van der Waals surface area contributed by atoms with Crippen molar-refractivity contribution in [1.82, 2.24) is 15.1 Å². The molecular formula is C21H27N3O. The lowest BCUT2D eigenvalue weighted by Gasteiger charge is -2.35. The highest BCUT2D eigenvalue weighted by atomic mass is 16.2. The maximum absolute atomic E-state index is 12.3. The molecule has 1 fully saturated rings. The third-order valence-corrected chi connectivity index (χ3v) is 4.84. The molecule has 0 bridgehead atoms. The van der Waals surface area contributed by atoms with Crippen molar-refractivity contribution in [2.45, 2.75) is 26.9 Å². The van der Waals surface area contributed by atoms with E-state index in [1.165, 1.54) is 16.7 Å². The van der Waals surface area contributed by atoms with Crippen molar-refractivity contribution in [2.24, 2.45) is 0 Å². The summed E-state index contributed by atoms with van der Waals surface area (Å²) in [5.41, 5.74) is 5.17. The first kappa shape index (κ1) is 17.5. The molecule has 0 aliphatic carbocycles. The van der Waals surface area contributed by atoms with Crippen LogP contribution in [-0.4, -0.2) is 42.0 Å². The summed E-state index contributed by atoms with van der Waals surface area (Å²) in [5.74, 6) is 0. The Labute approximate surface area is 150 Å². The Hall–Kier alpha value is -2.33. The number of amides is 2.